The topological polar surface area (TPSA) is 103 Å². The van der Waals surface area contributed by atoms with Gasteiger partial charge in [0.1, 0.15) is 5.70 Å². The molecule has 5 rings (SSSR count). The lowest BCUT2D eigenvalue weighted by atomic mass is 10.1. The van der Waals surface area contributed by atoms with Crippen molar-refractivity contribution < 1.29 is 14.4 Å². The highest BCUT2D eigenvalue weighted by atomic mass is 35.5. The van der Waals surface area contributed by atoms with Crippen LogP contribution in [0.3, 0.4) is 0 Å². The van der Waals surface area contributed by atoms with Gasteiger partial charge in [-0.05, 0) is 67.1 Å². The van der Waals surface area contributed by atoms with Crippen molar-refractivity contribution in [2.45, 2.75) is 11.8 Å². The molecular weight excluding hydrogens is 568 g/mol. The molecule has 42 heavy (non-hydrogen) atoms. The minimum Gasteiger partial charge on any atom is -0.361 e. The number of carbonyl (C=O) groups excluding carboxylic acids is 3. The second kappa shape index (κ2) is 13.2. The summed E-state index contributed by atoms with van der Waals surface area (Å²) in [5, 5.41) is 9.99. The van der Waals surface area contributed by atoms with Crippen LogP contribution in [-0.2, 0) is 9.59 Å². The van der Waals surface area contributed by atoms with Crippen molar-refractivity contribution in [3.8, 4) is 0 Å². The van der Waals surface area contributed by atoms with Gasteiger partial charge in [-0.25, -0.2) is 0 Å². The van der Waals surface area contributed by atoms with Crippen LogP contribution < -0.4 is 16.0 Å². The zero-order chi connectivity index (χ0) is 29.5. The maximum absolute atomic E-state index is 13.5. The van der Waals surface area contributed by atoms with Gasteiger partial charge in [-0.2, -0.15) is 0 Å². The summed E-state index contributed by atoms with van der Waals surface area (Å²) < 4.78 is 0. The molecule has 4 N–H and O–H groups in total. The predicted octanol–water partition coefficient (Wildman–Crippen LogP) is 7.27. The van der Waals surface area contributed by atoms with Crippen LogP contribution in [0, 0.1) is 6.92 Å². The summed E-state index contributed by atoms with van der Waals surface area (Å²) >= 11 is 7.49. The van der Waals surface area contributed by atoms with E-state index in [2.05, 4.69) is 20.9 Å². The summed E-state index contributed by atoms with van der Waals surface area (Å²) in [6.45, 7) is 1.90. The van der Waals surface area contributed by atoms with Crippen molar-refractivity contribution in [1.82, 2.24) is 10.3 Å². The van der Waals surface area contributed by atoms with Gasteiger partial charge >= 0.3 is 0 Å². The van der Waals surface area contributed by atoms with Crippen molar-refractivity contribution in [3.05, 3.63) is 131 Å². The van der Waals surface area contributed by atoms with Gasteiger partial charge < -0.3 is 20.9 Å². The zero-order valence-electron chi connectivity index (χ0n) is 22.6. The molecule has 210 valence electrons. The van der Waals surface area contributed by atoms with Crippen LogP contribution in [0.25, 0.3) is 17.0 Å². The van der Waals surface area contributed by atoms with Crippen LogP contribution in [0.1, 0.15) is 21.5 Å². The first-order valence-electron chi connectivity index (χ1n) is 13.1. The average Bonchev–Trinajstić information content (AvgIpc) is 3.41. The van der Waals surface area contributed by atoms with Gasteiger partial charge in [0.2, 0.25) is 5.91 Å². The van der Waals surface area contributed by atoms with Gasteiger partial charge in [0.15, 0.2) is 0 Å². The molecule has 0 spiro atoms. The molecule has 0 aliphatic heterocycles. The Morgan fingerprint density at radius 3 is 2.43 bits per heavy atom. The van der Waals surface area contributed by atoms with Crippen molar-refractivity contribution in [2.24, 2.45) is 0 Å². The molecule has 1 heterocycles. The van der Waals surface area contributed by atoms with Crippen molar-refractivity contribution in [1.29, 1.82) is 0 Å². The number of aromatic nitrogens is 1. The molecule has 0 aliphatic rings. The quantitative estimate of drug-likeness (QED) is 0.106. The molecule has 0 aliphatic carbocycles. The third kappa shape index (κ3) is 7.28. The van der Waals surface area contributed by atoms with Crippen LogP contribution in [0.2, 0.25) is 5.02 Å². The SMILES string of the molecule is Cc1ccc(NC(=O)CSc2cccc(NC(=O)/C(=C/c3c[nH]c4ccccc34)NC(=O)c3ccccc3)c2)cc1Cl. The highest BCUT2D eigenvalue weighted by molar-refractivity contribution is 8.00. The van der Waals surface area contributed by atoms with Gasteiger partial charge in [0.05, 0.1) is 5.75 Å². The number of halogens is 1. The molecule has 0 bridgehead atoms. The van der Waals surface area contributed by atoms with E-state index in [-0.39, 0.29) is 17.4 Å². The highest BCUT2D eigenvalue weighted by Crippen LogP contribution is 2.25. The number of aryl methyl sites for hydroxylation is 1. The molecule has 0 radical (unpaired) electrons. The first kappa shape index (κ1) is 28.7. The lowest BCUT2D eigenvalue weighted by Crippen LogP contribution is -2.30. The van der Waals surface area contributed by atoms with Crippen LogP contribution in [0.15, 0.2) is 114 Å². The van der Waals surface area contributed by atoms with E-state index < -0.39 is 11.8 Å². The Kier molecular flexibility index (Phi) is 9.06. The first-order chi connectivity index (χ1) is 20.4. The van der Waals surface area contributed by atoms with Gasteiger partial charge in [0, 0.05) is 49.5 Å². The fraction of sp³-hybridized carbons (Fsp3) is 0.0606. The molecule has 5 aromatic rings. The maximum atomic E-state index is 13.5. The normalized spacial score (nSPS) is 11.2. The largest absolute Gasteiger partial charge is 0.361 e. The van der Waals surface area contributed by atoms with Crippen molar-refractivity contribution in [3.63, 3.8) is 0 Å². The number of amides is 3. The number of fused-ring (bicyclic) bond motifs is 1. The van der Waals surface area contributed by atoms with E-state index in [1.54, 1.807) is 66.9 Å². The molecule has 0 unspecified atom stereocenters. The predicted molar refractivity (Wildman–Crippen MR) is 171 cm³/mol. The molecule has 0 saturated heterocycles. The maximum Gasteiger partial charge on any atom is 0.272 e. The molecule has 1 aromatic heterocycles. The van der Waals surface area contributed by atoms with Crippen molar-refractivity contribution >= 4 is 69.4 Å². The van der Waals surface area contributed by atoms with Crippen LogP contribution in [-0.4, -0.2) is 28.5 Å². The number of benzene rings is 4. The zero-order valence-corrected chi connectivity index (χ0v) is 24.2. The molecule has 9 heteroatoms. The number of H-pyrrole nitrogens is 1. The van der Waals surface area contributed by atoms with Gasteiger partial charge in [0.25, 0.3) is 11.8 Å². The Bertz CT molecular complexity index is 1800. The third-order valence-corrected chi connectivity index (χ3v) is 7.77. The monoisotopic (exact) mass is 594 g/mol. The summed E-state index contributed by atoms with van der Waals surface area (Å²) in [7, 11) is 0. The lowest BCUT2D eigenvalue weighted by Gasteiger charge is -2.12. The number of carbonyl (C=O) groups is 3. The summed E-state index contributed by atoms with van der Waals surface area (Å²) in [4.78, 5) is 43.0. The summed E-state index contributed by atoms with van der Waals surface area (Å²) in [6.07, 6.45) is 3.44. The highest BCUT2D eigenvalue weighted by Gasteiger charge is 2.16. The molecule has 3 amide bonds. The Morgan fingerprint density at radius 2 is 1.62 bits per heavy atom. The Hall–Kier alpha value is -4.79. The Labute approximate surface area is 252 Å². The summed E-state index contributed by atoms with van der Waals surface area (Å²) in [6, 6.07) is 29.0. The fourth-order valence-corrected chi connectivity index (χ4v) is 5.13. The van der Waals surface area contributed by atoms with E-state index in [1.165, 1.54) is 11.8 Å². The standard InChI is InChI=1S/C33H27ClN4O3S/c1-21-14-15-25(18-28(21)34)36-31(39)20-42-26-11-7-10-24(17-26)37-33(41)30(38-32(40)22-8-3-2-4-9-22)16-23-19-35-29-13-6-5-12-27(23)29/h2-19,35H,20H2,1H3,(H,36,39)(H,37,41)(H,38,40)/b30-16-. The molecule has 0 saturated carbocycles. The first-order valence-corrected chi connectivity index (χ1v) is 14.5. The number of aromatic amines is 1. The second-order valence-corrected chi connectivity index (χ2v) is 10.9. The lowest BCUT2D eigenvalue weighted by molar-refractivity contribution is -0.114. The Balaban J connectivity index is 1.30. The molecule has 0 fully saturated rings. The minimum absolute atomic E-state index is 0.0859. The summed E-state index contributed by atoms with van der Waals surface area (Å²) in [5.74, 6) is -0.897. The summed E-state index contributed by atoms with van der Waals surface area (Å²) in [5.41, 5.74) is 4.27. The minimum atomic E-state index is -0.485. The van der Waals surface area contributed by atoms with Gasteiger partial charge in [-0.3, -0.25) is 14.4 Å². The van der Waals surface area contributed by atoms with Crippen molar-refractivity contribution in [2.75, 3.05) is 16.4 Å². The van der Waals surface area contributed by atoms with E-state index in [0.717, 1.165) is 26.9 Å². The average molecular weight is 595 g/mol. The number of hydrogen-bond donors (Lipinski definition) is 4. The number of para-hydroxylation sites is 1. The Morgan fingerprint density at radius 1 is 0.857 bits per heavy atom. The third-order valence-electron chi connectivity index (χ3n) is 6.37. The van der Waals surface area contributed by atoms with E-state index in [9.17, 15) is 14.4 Å². The molecular formula is C33H27ClN4O3S. The van der Waals surface area contributed by atoms with E-state index in [1.807, 2.05) is 49.4 Å². The number of anilines is 2. The van der Waals surface area contributed by atoms with Crippen LogP contribution in [0.4, 0.5) is 11.4 Å². The molecule has 7 nitrogen and oxygen atoms in total. The fourth-order valence-electron chi connectivity index (χ4n) is 4.19. The van der Waals surface area contributed by atoms with E-state index in [0.29, 0.717) is 22.0 Å². The number of thioether (sulfide) groups is 1. The molecule has 4 aromatic carbocycles. The number of rotatable bonds is 9. The number of nitrogens with one attached hydrogen (secondary N) is 4. The van der Waals surface area contributed by atoms with Gasteiger partial charge in [-0.1, -0.05) is 60.1 Å². The van der Waals surface area contributed by atoms with E-state index in [4.69, 9.17) is 11.6 Å². The van der Waals surface area contributed by atoms with Crippen LogP contribution >= 0.6 is 23.4 Å². The molecule has 0 atom stereocenters. The number of hydrogen-bond acceptors (Lipinski definition) is 4. The van der Waals surface area contributed by atoms with E-state index >= 15 is 0 Å². The second-order valence-electron chi connectivity index (χ2n) is 9.45. The smallest absolute Gasteiger partial charge is 0.272 e. The van der Waals surface area contributed by atoms with Gasteiger partial charge in [-0.15, -0.1) is 11.8 Å². The van der Waals surface area contributed by atoms with Crippen LogP contribution in [0.5, 0.6) is 0 Å².